The first-order chi connectivity index (χ1) is 15.8. The van der Waals surface area contributed by atoms with Gasteiger partial charge in [0.1, 0.15) is 11.8 Å². The topological polar surface area (TPSA) is 28.4 Å². The number of nitrogens with one attached hydrogen (secondary N) is 1. The Kier molecular flexibility index (Phi) is 6.88. The number of allylic oxidation sites excluding steroid dienone is 8. The zero-order valence-corrected chi connectivity index (χ0v) is 18.4. The largest absolute Gasteiger partial charge is 0.462 e. The van der Waals surface area contributed by atoms with Gasteiger partial charge in [-0.05, 0) is 49.8 Å². The average molecular weight is 421 g/mol. The summed E-state index contributed by atoms with van der Waals surface area (Å²) in [5.41, 5.74) is 6.04. The van der Waals surface area contributed by atoms with E-state index in [-0.39, 0.29) is 0 Å². The van der Waals surface area contributed by atoms with Crippen LogP contribution < -0.4 is 10.2 Å². The molecule has 3 nitrogen and oxygen atoms in total. The molecular weight excluding hydrogens is 392 g/mol. The van der Waals surface area contributed by atoms with Crippen molar-refractivity contribution in [2.75, 3.05) is 4.90 Å². The van der Waals surface area contributed by atoms with E-state index in [1.807, 2.05) is 55.7 Å². The fourth-order valence-corrected chi connectivity index (χ4v) is 3.74. The zero-order valence-electron chi connectivity index (χ0n) is 18.4. The van der Waals surface area contributed by atoms with Gasteiger partial charge < -0.3 is 14.6 Å². The highest BCUT2D eigenvalue weighted by atomic mass is 16.3. The monoisotopic (exact) mass is 420 g/mol. The van der Waals surface area contributed by atoms with Crippen molar-refractivity contribution >= 4 is 22.3 Å². The maximum absolute atomic E-state index is 5.88. The third-order valence-corrected chi connectivity index (χ3v) is 5.32. The summed E-state index contributed by atoms with van der Waals surface area (Å²) in [4.78, 5) is 2.21. The van der Waals surface area contributed by atoms with Gasteiger partial charge in [-0.3, -0.25) is 0 Å². The first-order valence-corrected chi connectivity index (χ1v) is 10.9. The Balaban J connectivity index is 1.74. The summed E-state index contributed by atoms with van der Waals surface area (Å²) in [6.45, 7) is 6.10. The van der Waals surface area contributed by atoms with Gasteiger partial charge in [0, 0.05) is 34.6 Å². The van der Waals surface area contributed by atoms with Gasteiger partial charge in [0.05, 0.1) is 5.69 Å². The molecule has 3 aromatic rings. The summed E-state index contributed by atoms with van der Waals surface area (Å²) in [5.74, 6) is 0. The highest BCUT2D eigenvalue weighted by Gasteiger charge is 2.18. The highest BCUT2D eigenvalue weighted by Crippen LogP contribution is 2.37. The number of rotatable bonds is 7. The Morgan fingerprint density at radius 2 is 1.81 bits per heavy atom. The highest BCUT2D eigenvalue weighted by molar-refractivity contribution is 5.94. The summed E-state index contributed by atoms with van der Waals surface area (Å²) in [5, 5.41) is 4.62. The average Bonchev–Trinajstić information content (AvgIpc) is 3.24. The van der Waals surface area contributed by atoms with Crippen molar-refractivity contribution in [1.82, 2.24) is 5.32 Å². The molecule has 0 radical (unpaired) electrons. The molecule has 0 aliphatic heterocycles. The minimum absolute atomic E-state index is 0.857. The zero-order chi connectivity index (χ0) is 22.2. The number of para-hydroxylation sites is 2. The van der Waals surface area contributed by atoms with Gasteiger partial charge in [0.15, 0.2) is 0 Å². The molecule has 32 heavy (non-hydrogen) atoms. The molecule has 1 heterocycles. The fraction of sp³-hybridized carbons (Fsp3) is 0.103. The summed E-state index contributed by atoms with van der Waals surface area (Å²) < 4.78 is 5.88. The number of hydrogen-bond donors (Lipinski definition) is 1. The SMILES string of the molecule is C=C/C(=C\C(=C/C)N(c1ccccc1)c1coc2ccccc12)N/C1=C\C/C=C\C=C/C1. The van der Waals surface area contributed by atoms with Crippen LogP contribution in [-0.2, 0) is 0 Å². The number of furan rings is 1. The van der Waals surface area contributed by atoms with Crippen LogP contribution in [0.15, 0.2) is 138 Å². The van der Waals surface area contributed by atoms with Crippen LogP contribution in [0.2, 0.25) is 0 Å². The van der Waals surface area contributed by atoms with Crippen molar-refractivity contribution in [2.45, 2.75) is 19.8 Å². The fourth-order valence-electron chi connectivity index (χ4n) is 3.74. The standard InChI is InChI=1S/C29H28N2O/c1-3-23(30-24-15-9-6-5-7-10-16-24)21-25(4-2)31(26-17-11-8-12-18-26)28-22-32-29-20-14-13-19-27(28)29/h3-9,11-14,16-22,30H,1,10,15H2,2H3/b7-5-,9-6-,23-21+,24-16-,25-4+. The van der Waals surface area contributed by atoms with Gasteiger partial charge >= 0.3 is 0 Å². The number of nitrogens with zero attached hydrogens (tertiary/aromatic N) is 1. The van der Waals surface area contributed by atoms with Crippen LogP contribution in [0.1, 0.15) is 19.8 Å². The molecule has 1 aliphatic rings. The molecule has 0 atom stereocenters. The Morgan fingerprint density at radius 1 is 1.03 bits per heavy atom. The Bertz CT molecular complexity index is 1220. The maximum Gasteiger partial charge on any atom is 0.136 e. The van der Waals surface area contributed by atoms with Gasteiger partial charge in [-0.15, -0.1) is 0 Å². The lowest BCUT2D eigenvalue weighted by molar-refractivity contribution is 0.616. The Labute approximate surface area is 190 Å². The van der Waals surface area contributed by atoms with Crippen molar-refractivity contribution in [2.24, 2.45) is 0 Å². The van der Waals surface area contributed by atoms with E-state index in [9.17, 15) is 0 Å². The molecule has 0 fully saturated rings. The first kappa shape index (κ1) is 21.3. The number of benzene rings is 2. The molecule has 160 valence electrons. The summed E-state index contributed by atoms with van der Waals surface area (Å²) in [6.07, 6.45) is 20.4. The van der Waals surface area contributed by atoms with Gasteiger partial charge in [-0.2, -0.15) is 0 Å². The second-order valence-electron chi connectivity index (χ2n) is 7.46. The van der Waals surface area contributed by atoms with Crippen molar-refractivity contribution in [3.8, 4) is 0 Å². The molecule has 3 heteroatoms. The minimum atomic E-state index is 0.857. The molecule has 4 rings (SSSR count). The van der Waals surface area contributed by atoms with Crippen LogP contribution in [0.25, 0.3) is 11.0 Å². The predicted octanol–water partition coefficient (Wildman–Crippen LogP) is 7.92. The maximum atomic E-state index is 5.88. The molecule has 0 saturated carbocycles. The van der Waals surface area contributed by atoms with E-state index in [4.69, 9.17) is 4.42 Å². The van der Waals surface area contributed by atoms with Crippen LogP contribution in [0.3, 0.4) is 0 Å². The molecule has 0 unspecified atom stereocenters. The lowest BCUT2D eigenvalue weighted by Crippen LogP contribution is -2.17. The molecule has 0 spiro atoms. The second-order valence-corrected chi connectivity index (χ2v) is 7.46. The van der Waals surface area contributed by atoms with E-state index in [2.05, 4.69) is 77.5 Å². The van der Waals surface area contributed by atoms with E-state index >= 15 is 0 Å². The van der Waals surface area contributed by atoms with Crippen LogP contribution in [0, 0.1) is 0 Å². The van der Waals surface area contributed by atoms with Gasteiger partial charge in [-0.25, -0.2) is 0 Å². The van der Waals surface area contributed by atoms with Crippen LogP contribution in [-0.4, -0.2) is 0 Å². The number of fused-ring (bicyclic) bond motifs is 1. The molecule has 0 bridgehead atoms. The quantitative estimate of drug-likeness (QED) is 0.393. The van der Waals surface area contributed by atoms with E-state index in [1.54, 1.807) is 0 Å². The molecule has 2 aromatic carbocycles. The van der Waals surface area contributed by atoms with E-state index in [0.29, 0.717) is 0 Å². The van der Waals surface area contributed by atoms with Crippen LogP contribution >= 0.6 is 0 Å². The van der Waals surface area contributed by atoms with E-state index in [1.165, 1.54) is 0 Å². The third kappa shape index (κ3) is 4.84. The molecular formula is C29H28N2O. The molecule has 0 amide bonds. The van der Waals surface area contributed by atoms with Crippen molar-refractivity contribution in [3.05, 3.63) is 133 Å². The van der Waals surface area contributed by atoms with Crippen LogP contribution in [0.4, 0.5) is 11.4 Å². The van der Waals surface area contributed by atoms with E-state index < -0.39 is 0 Å². The lowest BCUT2D eigenvalue weighted by atomic mass is 10.1. The lowest BCUT2D eigenvalue weighted by Gasteiger charge is -2.26. The third-order valence-electron chi connectivity index (χ3n) is 5.32. The second kappa shape index (κ2) is 10.4. The van der Waals surface area contributed by atoms with Gasteiger partial charge in [0.25, 0.3) is 0 Å². The van der Waals surface area contributed by atoms with Crippen LogP contribution in [0.5, 0.6) is 0 Å². The number of hydrogen-bond acceptors (Lipinski definition) is 3. The van der Waals surface area contributed by atoms with Gasteiger partial charge in [0.2, 0.25) is 0 Å². The summed E-state index contributed by atoms with van der Waals surface area (Å²) >= 11 is 0. The smallest absolute Gasteiger partial charge is 0.136 e. The predicted molar refractivity (Wildman–Crippen MR) is 136 cm³/mol. The van der Waals surface area contributed by atoms with Crippen molar-refractivity contribution in [1.29, 1.82) is 0 Å². The summed E-state index contributed by atoms with van der Waals surface area (Å²) in [6, 6.07) is 18.4. The minimum Gasteiger partial charge on any atom is -0.462 e. The van der Waals surface area contributed by atoms with E-state index in [0.717, 1.165) is 52.3 Å². The Morgan fingerprint density at radius 3 is 2.62 bits per heavy atom. The molecule has 1 N–H and O–H groups in total. The van der Waals surface area contributed by atoms with Gasteiger partial charge in [-0.1, -0.05) is 73.4 Å². The Hall–Kier alpha value is -3.98. The molecule has 1 aliphatic carbocycles. The first-order valence-electron chi connectivity index (χ1n) is 10.9. The summed E-state index contributed by atoms with van der Waals surface area (Å²) in [7, 11) is 0. The van der Waals surface area contributed by atoms with Crippen molar-refractivity contribution in [3.63, 3.8) is 0 Å². The number of anilines is 2. The molecule has 0 saturated heterocycles. The molecule has 1 aromatic heterocycles. The van der Waals surface area contributed by atoms with Crippen molar-refractivity contribution < 1.29 is 4.42 Å². The normalized spacial score (nSPS) is 18.2.